The highest BCUT2D eigenvalue weighted by Crippen LogP contribution is 2.14. The minimum absolute atomic E-state index is 0. The van der Waals surface area contributed by atoms with Crippen LogP contribution in [0.4, 0.5) is 0 Å². The summed E-state index contributed by atoms with van der Waals surface area (Å²) in [7, 11) is 0. The molecule has 0 saturated carbocycles. The van der Waals surface area contributed by atoms with E-state index < -0.39 is 11.9 Å². The van der Waals surface area contributed by atoms with Crippen LogP contribution in [0, 0.1) is 0 Å². The van der Waals surface area contributed by atoms with E-state index in [1.165, 1.54) is 11.3 Å². The van der Waals surface area contributed by atoms with Crippen LogP contribution in [0.1, 0.15) is 16.1 Å². The molecule has 9 heteroatoms. The van der Waals surface area contributed by atoms with E-state index in [1.807, 2.05) is 11.4 Å². The first-order chi connectivity index (χ1) is 9.99. The fourth-order valence-electron chi connectivity index (χ4n) is 2.22. The van der Waals surface area contributed by atoms with Crippen molar-refractivity contribution in [1.82, 2.24) is 9.80 Å². The first kappa shape index (κ1) is 18.4. The number of piperazine rings is 1. The van der Waals surface area contributed by atoms with Crippen LogP contribution >= 0.6 is 23.7 Å². The highest BCUT2D eigenvalue weighted by atomic mass is 35.5. The summed E-state index contributed by atoms with van der Waals surface area (Å²) in [6.45, 7) is 1.77. The van der Waals surface area contributed by atoms with Crippen LogP contribution in [0.25, 0.3) is 0 Å². The molecule has 0 bridgehead atoms. The molecule has 1 aromatic heterocycles. The second-order valence-corrected chi connectivity index (χ2v) is 5.82. The second-order valence-electron chi connectivity index (χ2n) is 4.87. The maximum atomic E-state index is 12.2. The third-order valence-corrected chi connectivity index (χ3v) is 4.21. The lowest BCUT2D eigenvalue weighted by molar-refractivity contribution is -0.135. The number of hydrogen-bond donors (Lipinski definition) is 2. The van der Waals surface area contributed by atoms with E-state index in [4.69, 9.17) is 11.5 Å². The van der Waals surface area contributed by atoms with Crippen molar-refractivity contribution in [2.24, 2.45) is 11.5 Å². The predicted octanol–water partition coefficient (Wildman–Crippen LogP) is -0.343. The van der Waals surface area contributed by atoms with Crippen molar-refractivity contribution in [1.29, 1.82) is 0 Å². The molecule has 7 nitrogen and oxygen atoms in total. The smallest absolute Gasteiger partial charge is 0.264 e. The summed E-state index contributed by atoms with van der Waals surface area (Å²) >= 11 is 1.40. The molecule has 0 spiro atoms. The Kier molecular flexibility index (Phi) is 6.79. The Labute approximate surface area is 138 Å². The lowest BCUT2D eigenvalue weighted by Crippen LogP contribution is -2.54. The van der Waals surface area contributed by atoms with Gasteiger partial charge in [0.15, 0.2) is 0 Å². The van der Waals surface area contributed by atoms with E-state index >= 15 is 0 Å². The van der Waals surface area contributed by atoms with Gasteiger partial charge in [0.1, 0.15) is 0 Å². The molecular formula is C13H19ClN4O3S. The Morgan fingerprint density at radius 2 is 1.77 bits per heavy atom. The molecule has 2 rings (SSSR count). The first-order valence-electron chi connectivity index (χ1n) is 6.64. The third kappa shape index (κ3) is 4.43. The van der Waals surface area contributed by atoms with Crippen LogP contribution in [-0.4, -0.2) is 59.7 Å². The van der Waals surface area contributed by atoms with Crippen molar-refractivity contribution >= 4 is 41.5 Å². The first-order valence-corrected chi connectivity index (χ1v) is 7.52. The molecule has 4 N–H and O–H groups in total. The molecule has 1 fully saturated rings. The number of hydrogen-bond acceptors (Lipinski definition) is 5. The SMILES string of the molecule is Cl.NC(=O)CC(N)C(=O)N1CCN(C(=O)c2cccs2)CC1. The third-order valence-electron chi connectivity index (χ3n) is 3.35. The molecule has 1 unspecified atom stereocenters. The van der Waals surface area contributed by atoms with Gasteiger partial charge < -0.3 is 21.3 Å². The van der Waals surface area contributed by atoms with Crippen LogP contribution in [0.5, 0.6) is 0 Å². The van der Waals surface area contributed by atoms with Crippen LogP contribution in [-0.2, 0) is 9.59 Å². The summed E-state index contributed by atoms with van der Waals surface area (Å²) in [4.78, 5) is 39.0. The molecule has 0 aliphatic carbocycles. The lowest BCUT2D eigenvalue weighted by Gasteiger charge is -2.35. The largest absolute Gasteiger partial charge is 0.370 e. The molecular weight excluding hydrogens is 328 g/mol. The highest BCUT2D eigenvalue weighted by Gasteiger charge is 2.28. The van der Waals surface area contributed by atoms with Crippen molar-refractivity contribution in [3.05, 3.63) is 22.4 Å². The molecule has 1 atom stereocenters. The molecule has 3 amide bonds. The highest BCUT2D eigenvalue weighted by molar-refractivity contribution is 7.12. The van der Waals surface area contributed by atoms with Crippen molar-refractivity contribution in [2.75, 3.05) is 26.2 Å². The Bertz CT molecular complexity index is 529. The Morgan fingerprint density at radius 1 is 1.18 bits per heavy atom. The zero-order chi connectivity index (χ0) is 15.4. The van der Waals surface area contributed by atoms with Gasteiger partial charge in [0, 0.05) is 26.2 Å². The van der Waals surface area contributed by atoms with E-state index in [0.717, 1.165) is 0 Å². The number of amides is 3. The van der Waals surface area contributed by atoms with Gasteiger partial charge in [-0.3, -0.25) is 14.4 Å². The summed E-state index contributed by atoms with van der Waals surface area (Å²) < 4.78 is 0. The van der Waals surface area contributed by atoms with Gasteiger partial charge in [-0.25, -0.2) is 0 Å². The molecule has 0 aromatic carbocycles. The van der Waals surface area contributed by atoms with E-state index in [1.54, 1.807) is 15.9 Å². The average molecular weight is 347 g/mol. The fraction of sp³-hybridized carbons (Fsp3) is 0.462. The van der Waals surface area contributed by atoms with Gasteiger partial charge in [-0.05, 0) is 11.4 Å². The predicted molar refractivity (Wildman–Crippen MR) is 85.8 cm³/mol. The Balaban J connectivity index is 0.00000242. The van der Waals surface area contributed by atoms with Crippen molar-refractivity contribution in [3.63, 3.8) is 0 Å². The summed E-state index contributed by atoms with van der Waals surface area (Å²) in [6, 6.07) is 2.72. The van der Waals surface area contributed by atoms with E-state index in [2.05, 4.69) is 0 Å². The standard InChI is InChI=1S/C13H18N4O3S.ClH/c14-9(8-11(15)18)12(19)16-3-5-17(6-4-16)13(20)10-2-1-7-21-10;/h1-2,7,9H,3-6,8,14H2,(H2,15,18);1H. The van der Waals surface area contributed by atoms with Crippen LogP contribution < -0.4 is 11.5 Å². The van der Waals surface area contributed by atoms with E-state index in [-0.39, 0.29) is 30.6 Å². The van der Waals surface area contributed by atoms with Crippen molar-refractivity contribution < 1.29 is 14.4 Å². The number of carbonyl (C=O) groups excluding carboxylic acids is 3. The maximum absolute atomic E-state index is 12.2. The molecule has 1 aromatic rings. The van der Waals surface area contributed by atoms with Gasteiger partial charge in [0.05, 0.1) is 17.3 Å². The fourth-order valence-corrected chi connectivity index (χ4v) is 2.92. The van der Waals surface area contributed by atoms with Crippen LogP contribution in [0.15, 0.2) is 17.5 Å². The molecule has 1 aliphatic heterocycles. The quantitative estimate of drug-likeness (QED) is 0.776. The lowest BCUT2D eigenvalue weighted by atomic mass is 10.1. The van der Waals surface area contributed by atoms with Crippen molar-refractivity contribution in [2.45, 2.75) is 12.5 Å². The second kappa shape index (κ2) is 8.11. The Morgan fingerprint density at radius 3 is 2.27 bits per heavy atom. The minimum Gasteiger partial charge on any atom is -0.370 e. The zero-order valence-electron chi connectivity index (χ0n) is 11.9. The van der Waals surface area contributed by atoms with Gasteiger partial charge in [0.2, 0.25) is 11.8 Å². The number of nitrogens with two attached hydrogens (primary N) is 2. The zero-order valence-corrected chi connectivity index (χ0v) is 13.6. The number of carbonyl (C=O) groups is 3. The summed E-state index contributed by atoms with van der Waals surface area (Å²) in [5, 5.41) is 1.86. The van der Waals surface area contributed by atoms with Gasteiger partial charge in [-0.15, -0.1) is 23.7 Å². The normalized spacial score (nSPS) is 15.9. The van der Waals surface area contributed by atoms with E-state index in [0.29, 0.717) is 31.1 Å². The van der Waals surface area contributed by atoms with Crippen LogP contribution in [0.2, 0.25) is 0 Å². The topological polar surface area (TPSA) is 110 Å². The molecule has 2 heterocycles. The average Bonchev–Trinajstić information content (AvgIpc) is 2.99. The van der Waals surface area contributed by atoms with Gasteiger partial charge in [-0.2, -0.15) is 0 Å². The molecule has 122 valence electrons. The molecule has 1 aliphatic rings. The molecule has 0 radical (unpaired) electrons. The number of nitrogens with zero attached hydrogens (tertiary/aromatic N) is 2. The van der Waals surface area contributed by atoms with Gasteiger partial charge in [-0.1, -0.05) is 6.07 Å². The monoisotopic (exact) mass is 346 g/mol. The number of rotatable bonds is 4. The van der Waals surface area contributed by atoms with Crippen LogP contribution in [0.3, 0.4) is 0 Å². The molecule has 22 heavy (non-hydrogen) atoms. The van der Waals surface area contributed by atoms with E-state index in [9.17, 15) is 14.4 Å². The minimum atomic E-state index is -0.901. The van der Waals surface area contributed by atoms with Gasteiger partial charge >= 0.3 is 0 Å². The Hall–Kier alpha value is -1.64. The summed E-state index contributed by atoms with van der Waals surface area (Å²) in [5.41, 5.74) is 10.7. The molecule has 1 saturated heterocycles. The van der Waals surface area contributed by atoms with Gasteiger partial charge in [0.25, 0.3) is 5.91 Å². The summed E-state index contributed by atoms with van der Waals surface area (Å²) in [6.07, 6.45) is -0.160. The number of halogens is 1. The number of thiophene rings is 1. The summed E-state index contributed by atoms with van der Waals surface area (Å²) in [5.74, 6) is -0.905. The number of primary amides is 1. The maximum Gasteiger partial charge on any atom is 0.264 e. The van der Waals surface area contributed by atoms with Crippen molar-refractivity contribution in [3.8, 4) is 0 Å².